The topological polar surface area (TPSA) is 53.6 Å². The molecule has 2 aromatic rings. The maximum Gasteiger partial charge on any atom is 0.116 e. The molecule has 1 aliphatic heterocycles. The van der Waals surface area contributed by atoms with Crippen molar-refractivity contribution in [2.45, 2.75) is 13.0 Å². The average molecular weight is 206 g/mol. The number of fused-ring (bicyclic) bond motifs is 1. The van der Waals surface area contributed by atoms with Gasteiger partial charge in [-0.1, -0.05) is 0 Å². The van der Waals surface area contributed by atoms with E-state index >= 15 is 0 Å². The average Bonchev–Trinajstić information content (AvgIpc) is 2.85. The van der Waals surface area contributed by atoms with Crippen LogP contribution in [0.1, 0.15) is 11.3 Å². The van der Waals surface area contributed by atoms with Crippen LogP contribution in [0, 0.1) is 0 Å². The van der Waals surface area contributed by atoms with Gasteiger partial charge < -0.3 is 5.32 Å². The number of aromatic amines is 1. The van der Waals surface area contributed by atoms with Gasteiger partial charge >= 0.3 is 0 Å². The summed E-state index contributed by atoms with van der Waals surface area (Å²) in [5, 5.41) is 12.8. The molecule has 0 atom stereocenters. The van der Waals surface area contributed by atoms with Gasteiger partial charge in [-0.15, -0.1) is 11.3 Å². The summed E-state index contributed by atoms with van der Waals surface area (Å²) in [5.74, 6) is 0. The van der Waals surface area contributed by atoms with E-state index in [9.17, 15) is 0 Å². The third-order valence-corrected chi connectivity index (χ3v) is 3.07. The predicted octanol–water partition coefficient (Wildman–Crippen LogP) is 1.18. The van der Waals surface area contributed by atoms with Crippen molar-refractivity contribution < 1.29 is 0 Å². The van der Waals surface area contributed by atoms with Crippen LogP contribution in [0.25, 0.3) is 11.4 Å². The summed E-state index contributed by atoms with van der Waals surface area (Å²) in [6.07, 6.45) is 1.03. The lowest BCUT2D eigenvalue weighted by molar-refractivity contribution is 0.637. The number of hydrogen-bond donors (Lipinski definition) is 2. The monoisotopic (exact) mass is 206 g/mol. The van der Waals surface area contributed by atoms with Crippen LogP contribution in [-0.2, 0) is 13.0 Å². The fourth-order valence-electron chi connectivity index (χ4n) is 1.77. The van der Waals surface area contributed by atoms with Crippen molar-refractivity contribution in [1.29, 1.82) is 0 Å². The van der Waals surface area contributed by atoms with E-state index in [1.165, 1.54) is 11.3 Å². The van der Waals surface area contributed by atoms with Crippen molar-refractivity contribution in [2.75, 3.05) is 6.54 Å². The van der Waals surface area contributed by atoms with Gasteiger partial charge in [0.15, 0.2) is 0 Å². The molecule has 0 fully saturated rings. The quantitative estimate of drug-likeness (QED) is 0.736. The van der Waals surface area contributed by atoms with E-state index in [2.05, 4.69) is 20.5 Å². The van der Waals surface area contributed by atoms with Gasteiger partial charge in [0.1, 0.15) is 11.4 Å². The molecule has 0 spiro atoms. The molecule has 0 saturated carbocycles. The second-order valence-corrected chi connectivity index (χ2v) is 4.05. The fraction of sp³-hybridized carbons (Fsp3) is 0.333. The lowest BCUT2D eigenvalue weighted by atomic mass is 10.1. The number of aromatic nitrogens is 3. The fourth-order valence-corrected chi connectivity index (χ4v) is 2.30. The zero-order valence-electron chi connectivity index (χ0n) is 7.58. The Morgan fingerprint density at radius 2 is 2.43 bits per heavy atom. The minimum atomic E-state index is 0.901. The summed E-state index contributed by atoms with van der Waals surface area (Å²) < 4.78 is 0. The minimum absolute atomic E-state index is 0.901. The summed E-state index contributed by atoms with van der Waals surface area (Å²) in [4.78, 5) is 4.28. The van der Waals surface area contributed by atoms with Gasteiger partial charge in [0.05, 0.1) is 5.51 Å². The van der Waals surface area contributed by atoms with Crippen LogP contribution in [0.4, 0.5) is 0 Å². The van der Waals surface area contributed by atoms with Crippen LogP contribution in [0.3, 0.4) is 0 Å². The van der Waals surface area contributed by atoms with Gasteiger partial charge in [0.25, 0.3) is 0 Å². The molecule has 2 N–H and O–H groups in total. The minimum Gasteiger partial charge on any atom is -0.312 e. The Morgan fingerprint density at radius 1 is 1.43 bits per heavy atom. The molecule has 0 saturated heterocycles. The third-order valence-electron chi connectivity index (χ3n) is 2.48. The van der Waals surface area contributed by atoms with Crippen LogP contribution in [0.15, 0.2) is 10.9 Å². The molecule has 0 aliphatic carbocycles. The molecule has 4 nitrogen and oxygen atoms in total. The van der Waals surface area contributed by atoms with E-state index in [1.54, 1.807) is 11.3 Å². The van der Waals surface area contributed by atoms with Gasteiger partial charge in [-0.3, -0.25) is 5.10 Å². The zero-order chi connectivity index (χ0) is 9.38. The first-order chi connectivity index (χ1) is 6.95. The summed E-state index contributed by atoms with van der Waals surface area (Å²) in [6, 6.07) is 0. The standard InChI is InChI=1S/C9H10N4S/c1-2-10-3-6-7(1)12-13-9(6)8-4-14-5-11-8/h4-5,10H,1-3H2,(H,12,13). The number of H-pyrrole nitrogens is 1. The molecule has 0 aromatic carbocycles. The van der Waals surface area contributed by atoms with Gasteiger partial charge in [-0.05, 0) is 0 Å². The number of thiazole rings is 1. The van der Waals surface area contributed by atoms with Crippen molar-refractivity contribution in [3.8, 4) is 11.4 Å². The molecule has 0 unspecified atom stereocenters. The van der Waals surface area contributed by atoms with Crippen molar-refractivity contribution in [3.05, 3.63) is 22.1 Å². The predicted molar refractivity (Wildman–Crippen MR) is 55.1 cm³/mol. The van der Waals surface area contributed by atoms with Gasteiger partial charge in [0, 0.05) is 36.1 Å². The molecule has 72 valence electrons. The van der Waals surface area contributed by atoms with E-state index in [-0.39, 0.29) is 0 Å². The SMILES string of the molecule is c1nc(-c2n[nH]c3c2CNCC3)cs1. The molecule has 3 heterocycles. The molecule has 2 aromatic heterocycles. The van der Waals surface area contributed by atoms with Crippen LogP contribution < -0.4 is 5.32 Å². The van der Waals surface area contributed by atoms with Gasteiger partial charge in [0.2, 0.25) is 0 Å². The number of rotatable bonds is 1. The highest BCUT2D eigenvalue weighted by molar-refractivity contribution is 7.07. The Kier molecular flexibility index (Phi) is 1.85. The zero-order valence-corrected chi connectivity index (χ0v) is 8.40. The van der Waals surface area contributed by atoms with Crippen LogP contribution in [0.5, 0.6) is 0 Å². The van der Waals surface area contributed by atoms with Crippen molar-refractivity contribution >= 4 is 11.3 Å². The number of nitrogens with one attached hydrogen (secondary N) is 2. The van der Waals surface area contributed by atoms with E-state index in [1.807, 2.05) is 10.9 Å². The van der Waals surface area contributed by atoms with E-state index in [4.69, 9.17) is 0 Å². The highest BCUT2D eigenvalue weighted by Gasteiger charge is 2.18. The highest BCUT2D eigenvalue weighted by Crippen LogP contribution is 2.25. The van der Waals surface area contributed by atoms with Crippen LogP contribution >= 0.6 is 11.3 Å². The first-order valence-electron chi connectivity index (χ1n) is 4.60. The maximum absolute atomic E-state index is 4.32. The van der Waals surface area contributed by atoms with Gasteiger partial charge in [-0.2, -0.15) is 5.10 Å². The van der Waals surface area contributed by atoms with E-state index in [0.717, 1.165) is 30.9 Å². The summed E-state index contributed by atoms with van der Waals surface area (Å²) >= 11 is 1.60. The first kappa shape index (κ1) is 8.14. The maximum atomic E-state index is 4.32. The molecule has 1 aliphatic rings. The molecule has 5 heteroatoms. The van der Waals surface area contributed by atoms with Crippen LogP contribution in [0.2, 0.25) is 0 Å². The van der Waals surface area contributed by atoms with Crippen LogP contribution in [-0.4, -0.2) is 21.7 Å². The third kappa shape index (κ3) is 1.17. The Hall–Kier alpha value is -1.20. The molecule has 14 heavy (non-hydrogen) atoms. The second-order valence-electron chi connectivity index (χ2n) is 3.33. The first-order valence-corrected chi connectivity index (χ1v) is 5.55. The summed E-state index contributed by atoms with van der Waals surface area (Å²) in [6.45, 7) is 1.93. The van der Waals surface area contributed by atoms with E-state index in [0.29, 0.717) is 0 Å². The Morgan fingerprint density at radius 3 is 3.29 bits per heavy atom. The molecule has 0 bridgehead atoms. The normalized spacial score (nSPS) is 15.4. The Labute approximate surface area is 85.4 Å². The summed E-state index contributed by atoms with van der Waals surface area (Å²) in [7, 11) is 0. The molecule has 0 amide bonds. The Balaban J connectivity index is 2.11. The molecule has 0 radical (unpaired) electrons. The molecular weight excluding hydrogens is 196 g/mol. The lowest BCUT2D eigenvalue weighted by Gasteiger charge is -2.12. The Bertz CT molecular complexity index is 432. The van der Waals surface area contributed by atoms with E-state index < -0.39 is 0 Å². The number of hydrogen-bond acceptors (Lipinski definition) is 4. The van der Waals surface area contributed by atoms with Crippen molar-refractivity contribution in [3.63, 3.8) is 0 Å². The van der Waals surface area contributed by atoms with Gasteiger partial charge in [-0.25, -0.2) is 4.98 Å². The summed E-state index contributed by atoms with van der Waals surface area (Å²) in [5.41, 5.74) is 6.37. The largest absolute Gasteiger partial charge is 0.312 e. The smallest absolute Gasteiger partial charge is 0.116 e. The van der Waals surface area contributed by atoms with Crippen molar-refractivity contribution in [1.82, 2.24) is 20.5 Å². The van der Waals surface area contributed by atoms with Crippen molar-refractivity contribution in [2.24, 2.45) is 0 Å². The molecule has 3 rings (SSSR count). The second kappa shape index (κ2) is 3.18. The lowest BCUT2D eigenvalue weighted by Crippen LogP contribution is -2.23. The highest BCUT2D eigenvalue weighted by atomic mass is 32.1. The number of nitrogens with zero attached hydrogens (tertiary/aromatic N) is 2. The molecular formula is C9H10N4S.